The molecule has 1 heterocycles. The number of hydrogen-bond acceptors (Lipinski definition) is 2. The van der Waals surface area contributed by atoms with Gasteiger partial charge in [-0.25, -0.2) is 4.79 Å². The number of likely N-dealkylation sites (tertiary alicyclic amines) is 1. The maximum Gasteiger partial charge on any atom is 0.317 e. The highest BCUT2D eigenvalue weighted by Crippen LogP contribution is 2.41. The molecular weight excluding hydrogens is 276 g/mol. The summed E-state index contributed by atoms with van der Waals surface area (Å²) in [5.74, 6) is 0.388. The van der Waals surface area contributed by atoms with Crippen LogP contribution in [0.1, 0.15) is 31.2 Å². The van der Waals surface area contributed by atoms with E-state index in [4.69, 9.17) is 11.6 Å². The molecule has 1 unspecified atom stereocenters. The lowest BCUT2D eigenvalue weighted by molar-refractivity contribution is 0.0719. The summed E-state index contributed by atoms with van der Waals surface area (Å²) in [6, 6.07) is 7.93. The van der Waals surface area contributed by atoms with Gasteiger partial charge in [-0.3, -0.25) is 0 Å². The normalized spacial score (nSPS) is 32.2. The summed E-state index contributed by atoms with van der Waals surface area (Å²) >= 11 is 5.87. The van der Waals surface area contributed by atoms with Gasteiger partial charge in [0.1, 0.15) is 0 Å². The van der Waals surface area contributed by atoms with E-state index in [0.29, 0.717) is 25.4 Å². The molecule has 0 spiro atoms. The van der Waals surface area contributed by atoms with E-state index >= 15 is 0 Å². The Labute approximate surface area is 123 Å². The van der Waals surface area contributed by atoms with Crippen molar-refractivity contribution in [2.24, 2.45) is 0 Å². The van der Waals surface area contributed by atoms with Crippen LogP contribution in [0.2, 0.25) is 5.02 Å². The lowest BCUT2D eigenvalue weighted by atomic mass is 10.1. The second-order valence-corrected chi connectivity index (χ2v) is 6.55. The van der Waals surface area contributed by atoms with Crippen molar-refractivity contribution >= 4 is 17.6 Å². The number of benzene rings is 1. The molecule has 2 N–H and O–H groups in total. The molecular formula is C15H19ClN2O2. The van der Waals surface area contributed by atoms with Gasteiger partial charge in [0.05, 0.1) is 12.1 Å². The average molecular weight is 295 g/mol. The van der Waals surface area contributed by atoms with E-state index in [2.05, 4.69) is 5.32 Å². The summed E-state index contributed by atoms with van der Waals surface area (Å²) in [5.41, 5.74) is 0.476. The fourth-order valence-corrected chi connectivity index (χ4v) is 2.93. The van der Waals surface area contributed by atoms with Gasteiger partial charge >= 0.3 is 6.03 Å². The maximum atomic E-state index is 12.1. The molecule has 0 bridgehead atoms. The molecule has 1 aliphatic carbocycles. The smallest absolute Gasteiger partial charge is 0.317 e. The lowest BCUT2D eigenvalue weighted by Crippen LogP contribution is -2.41. The minimum atomic E-state index is -0.740. The van der Waals surface area contributed by atoms with Crippen molar-refractivity contribution < 1.29 is 9.90 Å². The van der Waals surface area contributed by atoms with Crippen LogP contribution in [0.15, 0.2) is 24.3 Å². The Kier molecular flexibility index (Phi) is 3.38. The molecule has 0 aromatic heterocycles. The Morgan fingerprint density at radius 3 is 2.75 bits per heavy atom. The molecule has 108 valence electrons. The van der Waals surface area contributed by atoms with E-state index in [9.17, 15) is 9.90 Å². The van der Waals surface area contributed by atoms with Crippen molar-refractivity contribution in [3.05, 3.63) is 34.9 Å². The number of amides is 2. The Morgan fingerprint density at radius 2 is 2.15 bits per heavy atom. The van der Waals surface area contributed by atoms with Crippen molar-refractivity contribution in [1.29, 1.82) is 0 Å². The highest BCUT2D eigenvalue weighted by atomic mass is 35.5. The van der Waals surface area contributed by atoms with E-state index in [1.54, 1.807) is 11.8 Å². The monoisotopic (exact) mass is 294 g/mol. The summed E-state index contributed by atoms with van der Waals surface area (Å²) in [6.45, 7) is 2.81. The van der Waals surface area contributed by atoms with Gasteiger partial charge in [-0.05, 0) is 37.5 Å². The van der Waals surface area contributed by atoms with E-state index in [-0.39, 0.29) is 12.1 Å². The molecule has 0 radical (unpaired) electrons. The predicted molar refractivity (Wildman–Crippen MR) is 77.9 cm³/mol. The average Bonchev–Trinajstić information content (AvgIpc) is 3.04. The summed E-state index contributed by atoms with van der Waals surface area (Å²) in [7, 11) is 0. The number of aliphatic hydroxyl groups is 1. The first kappa shape index (κ1) is 13.7. The second kappa shape index (κ2) is 4.93. The van der Waals surface area contributed by atoms with Crippen LogP contribution >= 0.6 is 11.6 Å². The molecule has 3 rings (SSSR count). The largest absolute Gasteiger partial charge is 0.388 e. The van der Waals surface area contributed by atoms with Gasteiger partial charge in [-0.2, -0.15) is 0 Å². The molecule has 1 aromatic carbocycles. The number of halogens is 1. The number of rotatable bonds is 2. The predicted octanol–water partition coefficient (Wildman–Crippen LogP) is 2.36. The highest BCUT2D eigenvalue weighted by molar-refractivity contribution is 6.30. The minimum Gasteiger partial charge on any atom is -0.388 e. The summed E-state index contributed by atoms with van der Waals surface area (Å²) in [6.07, 6.45) is 1.61. The van der Waals surface area contributed by atoms with Crippen LogP contribution in [0.5, 0.6) is 0 Å². The van der Waals surface area contributed by atoms with Gasteiger partial charge < -0.3 is 15.3 Å². The van der Waals surface area contributed by atoms with Crippen molar-refractivity contribution in [1.82, 2.24) is 10.2 Å². The van der Waals surface area contributed by atoms with Crippen molar-refractivity contribution in [3.63, 3.8) is 0 Å². The molecule has 20 heavy (non-hydrogen) atoms. The fourth-order valence-electron chi connectivity index (χ4n) is 2.80. The lowest BCUT2D eigenvalue weighted by Gasteiger charge is -2.19. The third kappa shape index (κ3) is 2.91. The second-order valence-electron chi connectivity index (χ2n) is 6.12. The Morgan fingerprint density at radius 1 is 1.45 bits per heavy atom. The van der Waals surface area contributed by atoms with E-state index in [0.717, 1.165) is 11.4 Å². The Hall–Kier alpha value is -1.26. The summed E-state index contributed by atoms with van der Waals surface area (Å²) in [5, 5.41) is 13.7. The molecule has 2 amide bonds. The number of hydrogen-bond donors (Lipinski definition) is 2. The number of carbonyl (C=O) groups is 1. The zero-order chi connectivity index (χ0) is 14.3. The van der Waals surface area contributed by atoms with Gasteiger partial charge in [0.15, 0.2) is 0 Å². The van der Waals surface area contributed by atoms with Gasteiger partial charge in [0.2, 0.25) is 0 Å². The minimum absolute atomic E-state index is 0.0655. The first-order valence-electron chi connectivity index (χ1n) is 6.98. The molecule has 3 atom stereocenters. The zero-order valence-electron chi connectivity index (χ0n) is 11.5. The van der Waals surface area contributed by atoms with Gasteiger partial charge in [0, 0.05) is 23.5 Å². The summed E-state index contributed by atoms with van der Waals surface area (Å²) < 4.78 is 0. The number of carbonyl (C=O) groups excluding carboxylic acids is 1. The number of nitrogens with one attached hydrogen (secondary N) is 1. The standard InChI is InChI=1S/C15H19ClN2O2/c1-15(20)6-7-18(9-15)14(19)17-13-8-12(13)10-2-4-11(16)5-3-10/h2-5,12-13,20H,6-9H2,1H3,(H,17,19)/t12-,13+,15?/m0/s1. The molecule has 1 aromatic rings. The van der Waals surface area contributed by atoms with Gasteiger partial charge in [0.25, 0.3) is 0 Å². The fraction of sp³-hybridized carbons (Fsp3) is 0.533. The van der Waals surface area contributed by atoms with E-state index in [1.165, 1.54) is 5.56 Å². The maximum absolute atomic E-state index is 12.1. The van der Waals surface area contributed by atoms with Crippen LogP contribution in [-0.2, 0) is 0 Å². The summed E-state index contributed by atoms with van der Waals surface area (Å²) in [4.78, 5) is 13.8. The van der Waals surface area contributed by atoms with Crippen LogP contribution in [0.4, 0.5) is 4.79 Å². The Balaban J connectivity index is 1.53. The molecule has 5 heteroatoms. The van der Waals surface area contributed by atoms with Crippen molar-refractivity contribution in [3.8, 4) is 0 Å². The first-order valence-corrected chi connectivity index (χ1v) is 7.36. The molecule has 4 nitrogen and oxygen atoms in total. The topological polar surface area (TPSA) is 52.6 Å². The van der Waals surface area contributed by atoms with Crippen LogP contribution in [0.3, 0.4) is 0 Å². The molecule has 1 saturated heterocycles. The molecule has 1 saturated carbocycles. The van der Waals surface area contributed by atoms with Crippen LogP contribution < -0.4 is 5.32 Å². The number of β-amino-alcohol motifs (C(OH)–C–C–N with tert-alkyl or cyclic N) is 1. The van der Waals surface area contributed by atoms with Crippen LogP contribution in [-0.4, -0.2) is 40.8 Å². The zero-order valence-corrected chi connectivity index (χ0v) is 12.2. The highest BCUT2D eigenvalue weighted by Gasteiger charge is 2.41. The molecule has 1 aliphatic heterocycles. The molecule has 2 aliphatic rings. The van der Waals surface area contributed by atoms with E-state index < -0.39 is 5.60 Å². The number of nitrogens with zero attached hydrogens (tertiary/aromatic N) is 1. The first-order chi connectivity index (χ1) is 9.44. The van der Waals surface area contributed by atoms with Gasteiger partial charge in [-0.15, -0.1) is 0 Å². The van der Waals surface area contributed by atoms with Crippen LogP contribution in [0.25, 0.3) is 0 Å². The Bertz CT molecular complexity index is 515. The van der Waals surface area contributed by atoms with Gasteiger partial charge in [-0.1, -0.05) is 23.7 Å². The third-order valence-corrected chi connectivity index (χ3v) is 4.39. The number of urea groups is 1. The van der Waals surface area contributed by atoms with E-state index in [1.807, 2.05) is 24.3 Å². The van der Waals surface area contributed by atoms with Crippen molar-refractivity contribution in [2.75, 3.05) is 13.1 Å². The quantitative estimate of drug-likeness (QED) is 0.880. The van der Waals surface area contributed by atoms with Crippen LogP contribution in [0, 0.1) is 0 Å². The third-order valence-electron chi connectivity index (χ3n) is 4.14. The van der Waals surface area contributed by atoms with Crippen molar-refractivity contribution in [2.45, 2.75) is 37.3 Å². The molecule has 2 fully saturated rings. The SMILES string of the molecule is CC1(O)CCN(C(=O)N[C@@H]2C[C@H]2c2ccc(Cl)cc2)C1.